The maximum Gasteiger partial charge on any atom is 0.339 e. The highest BCUT2D eigenvalue weighted by molar-refractivity contribution is 5.99. The monoisotopic (exact) mass is 385 g/mol. The van der Waals surface area contributed by atoms with E-state index >= 15 is 0 Å². The number of methoxy groups -OCH3 is 1. The Labute approximate surface area is 163 Å². The normalized spacial score (nSPS) is 14.8. The number of hydrogen-bond acceptors (Lipinski definition) is 7. The SMILES string of the molecule is CCOC(=O)C1CCN(C(=O)/C(C#N)=C\Nc2ccccc2C(=O)OC)CC1. The van der Waals surface area contributed by atoms with E-state index in [2.05, 4.69) is 5.32 Å². The van der Waals surface area contributed by atoms with Gasteiger partial charge in [0.25, 0.3) is 5.91 Å². The maximum atomic E-state index is 12.6. The van der Waals surface area contributed by atoms with Crippen LogP contribution in [-0.2, 0) is 19.1 Å². The van der Waals surface area contributed by atoms with Gasteiger partial charge in [-0.05, 0) is 31.9 Å². The van der Waals surface area contributed by atoms with Gasteiger partial charge in [0.05, 0.1) is 30.9 Å². The van der Waals surface area contributed by atoms with Gasteiger partial charge in [-0.25, -0.2) is 4.79 Å². The molecule has 0 atom stereocenters. The maximum absolute atomic E-state index is 12.6. The van der Waals surface area contributed by atoms with Crippen LogP contribution in [0, 0.1) is 17.2 Å². The molecule has 1 fully saturated rings. The number of anilines is 1. The minimum Gasteiger partial charge on any atom is -0.466 e. The molecule has 0 radical (unpaired) electrons. The van der Waals surface area contributed by atoms with Crippen LogP contribution in [0.4, 0.5) is 5.69 Å². The minimum absolute atomic E-state index is 0.0887. The Hall–Kier alpha value is -3.34. The van der Waals surface area contributed by atoms with Gasteiger partial charge in [-0.3, -0.25) is 9.59 Å². The molecule has 0 aromatic heterocycles. The summed E-state index contributed by atoms with van der Waals surface area (Å²) in [5, 5.41) is 12.2. The molecule has 0 aliphatic carbocycles. The molecule has 1 aromatic carbocycles. The first-order valence-corrected chi connectivity index (χ1v) is 9.01. The molecule has 0 spiro atoms. The quantitative estimate of drug-likeness (QED) is 0.454. The van der Waals surface area contributed by atoms with Crippen molar-refractivity contribution in [1.82, 2.24) is 4.90 Å². The topological polar surface area (TPSA) is 109 Å². The number of rotatable bonds is 6. The molecular formula is C20H23N3O5. The lowest BCUT2D eigenvalue weighted by atomic mass is 9.96. The smallest absolute Gasteiger partial charge is 0.339 e. The second kappa shape index (κ2) is 10.1. The highest BCUT2D eigenvalue weighted by Gasteiger charge is 2.29. The van der Waals surface area contributed by atoms with Crippen molar-refractivity contribution >= 4 is 23.5 Å². The van der Waals surface area contributed by atoms with Crippen LogP contribution in [0.15, 0.2) is 36.0 Å². The summed E-state index contributed by atoms with van der Waals surface area (Å²) in [5.74, 6) is -1.41. The highest BCUT2D eigenvalue weighted by Crippen LogP contribution is 2.21. The first kappa shape index (κ1) is 21.0. The summed E-state index contributed by atoms with van der Waals surface area (Å²) in [6.45, 7) is 2.84. The predicted molar refractivity (Wildman–Crippen MR) is 101 cm³/mol. The number of hydrogen-bond donors (Lipinski definition) is 1. The number of amides is 1. The summed E-state index contributed by atoms with van der Waals surface area (Å²) >= 11 is 0. The summed E-state index contributed by atoms with van der Waals surface area (Å²) in [7, 11) is 1.28. The zero-order valence-corrected chi connectivity index (χ0v) is 15.9. The molecule has 28 heavy (non-hydrogen) atoms. The van der Waals surface area contributed by atoms with Crippen LogP contribution in [0.5, 0.6) is 0 Å². The number of ether oxygens (including phenoxy) is 2. The molecule has 2 rings (SSSR count). The molecule has 148 valence electrons. The van der Waals surface area contributed by atoms with Crippen molar-refractivity contribution in [3.63, 3.8) is 0 Å². The Morgan fingerprint density at radius 2 is 1.96 bits per heavy atom. The van der Waals surface area contributed by atoms with E-state index in [0.717, 1.165) is 0 Å². The molecule has 1 aliphatic heterocycles. The second-order valence-corrected chi connectivity index (χ2v) is 6.17. The van der Waals surface area contributed by atoms with Crippen molar-refractivity contribution in [2.45, 2.75) is 19.8 Å². The molecule has 8 heteroatoms. The molecule has 1 amide bonds. The van der Waals surface area contributed by atoms with Crippen LogP contribution >= 0.6 is 0 Å². The molecule has 8 nitrogen and oxygen atoms in total. The third kappa shape index (κ3) is 5.10. The molecule has 0 saturated carbocycles. The van der Waals surface area contributed by atoms with Crippen molar-refractivity contribution in [3.8, 4) is 6.07 Å². The summed E-state index contributed by atoms with van der Waals surface area (Å²) < 4.78 is 9.74. The first-order chi connectivity index (χ1) is 13.5. The molecule has 0 bridgehead atoms. The van der Waals surface area contributed by atoms with Crippen molar-refractivity contribution in [1.29, 1.82) is 5.26 Å². The second-order valence-electron chi connectivity index (χ2n) is 6.17. The van der Waals surface area contributed by atoms with Gasteiger partial charge in [-0.1, -0.05) is 12.1 Å². The number of likely N-dealkylation sites (tertiary alicyclic amines) is 1. The Morgan fingerprint density at radius 1 is 1.29 bits per heavy atom. The molecule has 1 heterocycles. The highest BCUT2D eigenvalue weighted by atomic mass is 16.5. The molecule has 1 aromatic rings. The van der Waals surface area contributed by atoms with E-state index in [1.165, 1.54) is 13.3 Å². The van der Waals surface area contributed by atoms with E-state index in [1.54, 1.807) is 36.1 Å². The number of benzene rings is 1. The first-order valence-electron chi connectivity index (χ1n) is 9.01. The fourth-order valence-corrected chi connectivity index (χ4v) is 2.94. The summed E-state index contributed by atoms with van der Waals surface area (Å²) in [4.78, 5) is 37.8. The van der Waals surface area contributed by atoms with E-state index in [9.17, 15) is 19.6 Å². The van der Waals surface area contributed by atoms with E-state index in [0.29, 0.717) is 43.8 Å². The number of piperidine rings is 1. The van der Waals surface area contributed by atoms with Crippen LogP contribution < -0.4 is 5.32 Å². The van der Waals surface area contributed by atoms with Crippen molar-refractivity contribution < 1.29 is 23.9 Å². The lowest BCUT2D eigenvalue weighted by Crippen LogP contribution is -2.41. The molecular weight excluding hydrogens is 362 g/mol. The lowest BCUT2D eigenvalue weighted by molar-refractivity contribution is -0.150. The van der Waals surface area contributed by atoms with Crippen molar-refractivity contribution in [3.05, 3.63) is 41.6 Å². The average Bonchev–Trinajstić information content (AvgIpc) is 2.74. The Kier molecular flexibility index (Phi) is 7.57. The Morgan fingerprint density at radius 3 is 2.57 bits per heavy atom. The number of carbonyl (C=O) groups is 3. The van der Waals surface area contributed by atoms with E-state index < -0.39 is 11.9 Å². The number of esters is 2. The predicted octanol–water partition coefficient (Wildman–Crippen LogP) is 2.09. The zero-order valence-electron chi connectivity index (χ0n) is 15.9. The van der Waals surface area contributed by atoms with Gasteiger partial charge in [0.15, 0.2) is 0 Å². The van der Waals surface area contributed by atoms with Gasteiger partial charge in [-0.15, -0.1) is 0 Å². The van der Waals surface area contributed by atoms with Crippen molar-refractivity contribution in [2.75, 3.05) is 32.1 Å². The third-order valence-electron chi connectivity index (χ3n) is 4.46. The van der Waals surface area contributed by atoms with Gasteiger partial charge in [0, 0.05) is 19.3 Å². The Balaban J connectivity index is 2.04. The van der Waals surface area contributed by atoms with Crippen molar-refractivity contribution in [2.24, 2.45) is 5.92 Å². The molecule has 0 unspecified atom stereocenters. The largest absolute Gasteiger partial charge is 0.466 e. The van der Waals surface area contributed by atoms with E-state index in [-0.39, 0.29) is 17.5 Å². The fraction of sp³-hybridized carbons (Fsp3) is 0.400. The van der Waals surface area contributed by atoms with Gasteiger partial charge in [-0.2, -0.15) is 5.26 Å². The summed E-state index contributed by atoms with van der Waals surface area (Å²) in [5.41, 5.74) is 0.631. The minimum atomic E-state index is -0.526. The van der Waals surface area contributed by atoms with Gasteiger partial charge >= 0.3 is 11.9 Å². The van der Waals surface area contributed by atoms with Gasteiger partial charge < -0.3 is 19.7 Å². The van der Waals surface area contributed by atoms with Crippen LogP contribution in [0.25, 0.3) is 0 Å². The molecule has 1 aliphatic rings. The number of para-hydroxylation sites is 1. The van der Waals surface area contributed by atoms with Gasteiger partial charge in [0.1, 0.15) is 11.6 Å². The third-order valence-corrected chi connectivity index (χ3v) is 4.46. The lowest BCUT2D eigenvalue weighted by Gasteiger charge is -2.30. The molecule has 1 N–H and O–H groups in total. The number of nitrogens with zero attached hydrogens (tertiary/aromatic N) is 2. The molecule has 1 saturated heterocycles. The van der Waals surface area contributed by atoms with Crippen LogP contribution in [0.1, 0.15) is 30.1 Å². The Bertz CT molecular complexity index is 804. The fourth-order valence-electron chi connectivity index (χ4n) is 2.94. The number of nitriles is 1. The number of nitrogens with one attached hydrogen (secondary N) is 1. The van der Waals surface area contributed by atoms with Crippen LogP contribution in [-0.4, -0.2) is 49.6 Å². The van der Waals surface area contributed by atoms with E-state index in [1.807, 2.05) is 6.07 Å². The number of carbonyl (C=O) groups excluding carboxylic acids is 3. The summed E-state index contributed by atoms with van der Waals surface area (Å²) in [6, 6.07) is 8.52. The van der Waals surface area contributed by atoms with Crippen LogP contribution in [0.3, 0.4) is 0 Å². The zero-order chi connectivity index (χ0) is 20.5. The standard InChI is InChI=1S/C20H23N3O5/c1-3-28-19(25)14-8-10-23(11-9-14)18(24)15(12-21)13-22-17-7-5-4-6-16(17)20(26)27-2/h4-7,13-14,22H,3,8-11H2,1-2H3/b15-13-. The van der Waals surface area contributed by atoms with E-state index in [4.69, 9.17) is 9.47 Å². The average molecular weight is 385 g/mol. The summed E-state index contributed by atoms with van der Waals surface area (Å²) in [6.07, 6.45) is 2.28. The van der Waals surface area contributed by atoms with Gasteiger partial charge in [0.2, 0.25) is 0 Å². The van der Waals surface area contributed by atoms with Crippen LogP contribution in [0.2, 0.25) is 0 Å².